The van der Waals surface area contributed by atoms with E-state index in [1.54, 1.807) is 31.5 Å². The van der Waals surface area contributed by atoms with Gasteiger partial charge in [0.15, 0.2) is 0 Å². The molecule has 1 fully saturated rings. The Bertz CT molecular complexity index is 1200. The molecule has 0 atom stereocenters. The molecule has 8 nitrogen and oxygen atoms in total. The first-order valence-electron chi connectivity index (χ1n) is 12.9. The molecule has 0 aliphatic carbocycles. The summed E-state index contributed by atoms with van der Waals surface area (Å²) in [6, 6.07) is 19.8. The van der Waals surface area contributed by atoms with E-state index in [0.717, 1.165) is 35.3 Å². The number of amides is 2. The summed E-state index contributed by atoms with van der Waals surface area (Å²) in [6.07, 6.45) is 5.69. The number of hydrogen-bond acceptors (Lipinski definition) is 6. The molecule has 1 aromatic heterocycles. The van der Waals surface area contributed by atoms with Crippen molar-refractivity contribution in [2.75, 3.05) is 40.5 Å². The Kier molecular flexibility index (Phi) is 9.46. The lowest BCUT2D eigenvalue weighted by Gasteiger charge is -2.45. The molecule has 2 aromatic carbocycles. The van der Waals surface area contributed by atoms with E-state index in [9.17, 15) is 9.59 Å². The van der Waals surface area contributed by atoms with Gasteiger partial charge in [0.25, 0.3) is 0 Å². The van der Waals surface area contributed by atoms with Crippen LogP contribution in [-0.4, -0.2) is 73.1 Å². The van der Waals surface area contributed by atoms with E-state index < -0.39 is 5.54 Å². The molecule has 2 heterocycles. The summed E-state index contributed by atoms with van der Waals surface area (Å²) >= 11 is 0. The molecule has 0 unspecified atom stereocenters. The van der Waals surface area contributed by atoms with Crippen molar-refractivity contribution in [1.29, 1.82) is 0 Å². The molecule has 200 valence electrons. The fourth-order valence-corrected chi connectivity index (χ4v) is 4.97. The van der Waals surface area contributed by atoms with Crippen molar-refractivity contribution in [3.8, 4) is 16.9 Å². The van der Waals surface area contributed by atoms with Crippen molar-refractivity contribution in [2.24, 2.45) is 0 Å². The van der Waals surface area contributed by atoms with E-state index in [1.807, 2.05) is 36.4 Å². The fourth-order valence-electron chi connectivity index (χ4n) is 4.97. The minimum atomic E-state index is -0.869. The van der Waals surface area contributed by atoms with Crippen molar-refractivity contribution in [3.63, 3.8) is 0 Å². The van der Waals surface area contributed by atoms with Crippen LogP contribution >= 0.6 is 0 Å². The molecule has 3 aromatic rings. The van der Waals surface area contributed by atoms with E-state index >= 15 is 0 Å². The summed E-state index contributed by atoms with van der Waals surface area (Å²) in [5.41, 5.74) is 3.56. The molecule has 4 rings (SSSR count). The number of carbonyl (C=O) groups is 2. The fraction of sp³-hybridized carbons (Fsp3) is 0.367. The highest BCUT2D eigenvalue weighted by molar-refractivity contribution is 5.81. The Balaban J connectivity index is 1.40. The second-order valence-corrected chi connectivity index (χ2v) is 9.59. The number of methoxy groups -OCH3 is 2. The molecule has 0 bridgehead atoms. The van der Waals surface area contributed by atoms with Crippen LogP contribution in [0.3, 0.4) is 0 Å². The zero-order valence-electron chi connectivity index (χ0n) is 22.1. The highest BCUT2D eigenvalue weighted by atomic mass is 16.5. The van der Waals surface area contributed by atoms with Crippen LogP contribution in [0.2, 0.25) is 0 Å². The quantitative estimate of drug-likeness (QED) is 0.386. The number of benzene rings is 2. The third kappa shape index (κ3) is 6.76. The van der Waals surface area contributed by atoms with Gasteiger partial charge >= 0.3 is 6.03 Å². The molecule has 1 aliphatic rings. The minimum absolute atomic E-state index is 0.268. The van der Waals surface area contributed by atoms with Crippen molar-refractivity contribution >= 4 is 12.3 Å². The van der Waals surface area contributed by atoms with Gasteiger partial charge in [0.2, 0.25) is 0 Å². The van der Waals surface area contributed by atoms with Gasteiger partial charge in [-0.25, -0.2) is 4.79 Å². The average molecular weight is 517 g/mol. The van der Waals surface area contributed by atoms with Gasteiger partial charge in [0.05, 0.1) is 13.7 Å². The number of aromatic nitrogens is 1. The summed E-state index contributed by atoms with van der Waals surface area (Å²) < 4.78 is 10.6. The zero-order chi connectivity index (χ0) is 26.8. The number of likely N-dealkylation sites (tertiary alicyclic amines) is 1. The number of pyridine rings is 1. The van der Waals surface area contributed by atoms with Gasteiger partial charge in [-0.05, 0) is 65.4 Å². The number of nitrogens with one attached hydrogen (secondary N) is 1. The summed E-state index contributed by atoms with van der Waals surface area (Å²) in [5, 5.41) is 2.99. The lowest BCUT2D eigenvalue weighted by Crippen LogP contribution is -2.61. The predicted molar refractivity (Wildman–Crippen MR) is 147 cm³/mol. The molecule has 1 saturated heterocycles. The van der Waals surface area contributed by atoms with Crippen LogP contribution in [0, 0.1) is 0 Å². The third-order valence-electron chi connectivity index (χ3n) is 7.17. The monoisotopic (exact) mass is 516 g/mol. The summed E-state index contributed by atoms with van der Waals surface area (Å²) in [4.78, 5) is 34.0. The molecule has 0 spiro atoms. The van der Waals surface area contributed by atoms with E-state index in [2.05, 4.69) is 39.5 Å². The number of aldehydes is 1. The Morgan fingerprint density at radius 3 is 2.47 bits per heavy atom. The van der Waals surface area contributed by atoms with Gasteiger partial charge in [-0.3, -0.25) is 9.88 Å². The van der Waals surface area contributed by atoms with Crippen molar-refractivity contribution in [1.82, 2.24) is 20.1 Å². The number of hydrogen-bond donors (Lipinski definition) is 1. The number of piperidine rings is 1. The number of urea groups is 1. The molecule has 8 heteroatoms. The number of nitrogens with zero attached hydrogens (tertiary/aromatic N) is 3. The molecular formula is C30H36N4O4. The highest BCUT2D eigenvalue weighted by Gasteiger charge is 2.42. The molecule has 2 amide bonds. The van der Waals surface area contributed by atoms with Crippen LogP contribution in [-0.2, 0) is 22.6 Å². The Morgan fingerprint density at radius 1 is 1.03 bits per heavy atom. The molecular weight excluding hydrogens is 480 g/mol. The van der Waals surface area contributed by atoms with Crippen LogP contribution in [0.25, 0.3) is 11.1 Å². The van der Waals surface area contributed by atoms with E-state index in [0.29, 0.717) is 45.6 Å². The Morgan fingerprint density at radius 2 is 1.76 bits per heavy atom. The maximum absolute atomic E-state index is 13.3. The van der Waals surface area contributed by atoms with Crippen molar-refractivity contribution < 1.29 is 19.1 Å². The maximum Gasteiger partial charge on any atom is 0.318 e. The normalized spacial score (nSPS) is 15.0. The second kappa shape index (κ2) is 13.2. The Hall–Kier alpha value is -3.75. The first-order chi connectivity index (χ1) is 18.6. The highest BCUT2D eigenvalue weighted by Crippen LogP contribution is 2.29. The standard InChI is InChI=1S/C30H36N4O4/c1-37-18-17-34(29(36)32-21-24-5-4-8-28(20-24)38-2)30(23-35)11-15-33(16-12-30)22-25-6-3-7-27(19-25)26-9-13-31-14-10-26/h3-10,13-14,19-20,23H,11-12,15-18,21-22H2,1-2H3,(H,32,36). The van der Waals surface area contributed by atoms with E-state index in [-0.39, 0.29) is 6.03 Å². The zero-order valence-corrected chi connectivity index (χ0v) is 22.1. The van der Waals surface area contributed by atoms with Crippen LogP contribution < -0.4 is 10.1 Å². The second-order valence-electron chi connectivity index (χ2n) is 9.59. The van der Waals surface area contributed by atoms with Crippen LogP contribution in [0.5, 0.6) is 5.75 Å². The number of carbonyl (C=O) groups excluding carboxylic acids is 2. The van der Waals surface area contributed by atoms with E-state index in [4.69, 9.17) is 9.47 Å². The molecule has 0 radical (unpaired) electrons. The predicted octanol–water partition coefficient (Wildman–Crippen LogP) is 4.15. The average Bonchev–Trinajstić information content (AvgIpc) is 2.98. The minimum Gasteiger partial charge on any atom is -0.497 e. The van der Waals surface area contributed by atoms with Gasteiger partial charge in [0, 0.05) is 52.2 Å². The van der Waals surface area contributed by atoms with Gasteiger partial charge in [0.1, 0.15) is 17.6 Å². The molecule has 1 N–H and O–H groups in total. The van der Waals surface area contributed by atoms with Gasteiger partial charge in [-0.1, -0.05) is 30.3 Å². The summed E-state index contributed by atoms with van der Waals surface area (Å²) in [5.74, 6) is 0.732. The molecule has 1 aliphatic heterocycles. The maximum atomic E-state index is 13.3. The topological polar surface area (TPSA) is 84.0 Å². The Labute approximate surface area is 224 Å². The third-order valence-corrected chi connectivity index (χ3v) is 7.17. The lowest BCUT2D eigenvalue weighted by atomic mass is 9.86. The van der Waals surface area contributed by atoms with Crippen LogP contribution in [0.1, 0.15) is 24.0 Å². The number of rotatable bonds is 11. The van der Waals surface area contributed by atoms with Crippen molar-refractivity contribution in [2.45, 2.75) is 31.5 Å². The van der Waals surface area contributed by atoms with E-state index in [1.165, 1.54) is 5.56 Å². The smallest absolute Gasteiger partial charge is 0.318 e. The molecule has 0 saturated carbocycles. The van der Waals surface area contributed by atoms with Gasteiger partial charge in [-0.2, -0.15) is 0 Å². The number of ether oxygens (including phenoxy) is 2. The van der Waals surface area contributed by atoms with Crippen molar-refractivity contribution in [3.05, 3.63) is 84.2 Å². The molecule has 38 heavy (non-hydrogen) atoms. The summed E-state index contributed by atoms with van der Waals surface area (Å²) in [6.45, 7) is 3.25. The lowest BCUT2D eigenvalue weighted by molar-refractivity contribution is -0.120. The largest absolute Gasteiger partial charge is 0.497 e. The van der Waals surface area contributed by atoms with Crippen LogP contribution in [0.15, 0.2) is 73.1 Å². The first kappa shape index (κ1) is 27.3. The van der Waals surface area contributed by atoms with Gasteiger partial charge in [-0.15, -0.1) is 0 Å². The van der Waals surface area contributed by atoms with Crippen LogP contribution in [0.4, 0.5) is 4.79 Å². The van der Waals surface area contributed by atoms with Gasteiger partial charge < -0.3 is 24.5 Å². The summed E-state index contributed by atoms with van der Waals surface area (Å²) in [7, 11) is 3.21. The first-order valence-corrected chi connectivity index (χ1v) is 12.9. The SMILES string of the molecule is COCCN(C(=O)NCc1cccc(OC)c1)C1(C=O)CCN(Cc2cccc(-c3ccncc3)c2)CC1.